The molecule has 0 radical (unpaired) electrons. The molecule has 0 aliphatic rings. The van der Waals surface area contributed by atoms with Gasteiger partial charge in [-0.05, 0) is 63.9 Å². The first-order valence-corrected chi connectivity index (χ1v) is 14.9. The molecule has 0 saturated heterocycles. The van der Waals surface area contributed by atoms with E-state index in [9.17, 15) is 14.4 Å². The number of fused-ring (bicyclic) bond motifs is 2. The summed E-state index contributed by atoms with van der Waals surface area (Å²) in [5.74, 6) is -0.158. The summed E-state index contributed by atoms with van der Waals surface area (Å²) >= 11 is 0. The molecule has 0 aliphatic carbocycles. The lowest BCUT2D eigenvalue weighted by molar-refractivity contribution is -0.155. The molecule has 12 heteroatoms. The molecular weight excluding hydrogens is 588 g/mol. The number of esters is 1. The SMILES string of the molecule is COCCOCCNC(=O)c1cc2ncc(-c3cc4c(cc3-c3cnc(C)nc3)c(C(C)=O)cn4CC(=O)OC(C)(C)C)cn2c1. The van der Waals surface area contributed by atoms with E-state index in [0.717, 1.165) is 22.3 Å². The molecule has 0 spiro atoms. The molecule has 240 valence electrons. The quantitative estimate of drug-likeness (QED) is 0.119. The molecule has 46 heavy (non-hydrogen) atoms. The van der Waals surface area contributed by atoms with Crippen molar-refractivity contribution in [2.45, 2.75) is 46.8 Å². The Hall–Kier alpha value is -4.94. The van der Waals surface area contributed by atoms with Crippen molar-refractivity contribution in [3.05, 3.63) is 72.3 Å². The molecular formula is C34H38N6O6. The Morgan fingerprint density at radius 2 is 1.61 bits per heavy atom. The van der Waals surface area contributed by atoms with Gasteiger partial charge in [-0.1, -0.05) is 0 Å². The van der Waals surface area contributed by atoms with Crippen molar-refractivity contribution in [1.29, 1.82) is 0 Å². The van der Waals surface area contributed by atoms with Gasteiger partial charge in [0.25, 0.3) is 5.91 Å². The second-order valence-corrected chi connectivity index (χ2v) is 11.9. The fourth-order valence-electron chi connectivity index (χ4n) is 5.11. The fraction of sp³-hybridized carbons (Fsp3) is 0.353. The molecule has 1 aromatic carbocycles. The summed E-state index contributed by atoms with van der Waals surface area (Å²) in [6.45, 7) is 10.4. The number of amides is 1. The minimum Gasteiger partial charge on any atom is -0.459 e. The van der Waals surface area contributed by atoms with E-state index < -0.39 is 11.6 Å². The van der Waals surface area contributed by atoms with E-state index in [0.29, 0.717) is 59.9 Å². The number of Topliss-reactive ketones (excluding diaryl/α,β-unsaturated/α-hetero) is 1. The second-order valence-electron chi connectivity index (χ2n) is 11.9. The third-order valence-electron chi connectivity index (χ3n) is 7.19. The summed E-state index contributed by atoms with van der Waals surface area (Å²) in [6.07, 6.45) is 10.5. The number of aromatic nitrogens is 5. The van der Waals surface area contributed by atoms with Crippen molar-refractivity contribution < 1.29 is 28.6 Å². The van der Waals surface area contributed by atoms with Gasteiger partial charge in [0.15, 0.2) is 5.78 Å². The molecule has 4 aromatic heterocycles. The lowest BCUT2D eigenvalue weighted by atomic mass is 9.94. The molecule has 5 aromatic rings. The van der Waals surface area contributed by atoms with Gasteiger partial charge in [0.2, 0.25) is 0 Å². The number of nitrogens with one attached hydrogen (secondary N) is 1. The normalized spacial score (nSPS) is 11.7. The maximum atomic E-state index is 12.9. The monoisotopic (exact) mass is 626 g/mol. The van der Waals surface area contributed by atoms with Gasteiger partial charge in [-0.2, -0.15) is 0 Å². The first-order valence-electron chi connectivity index (χ1n) is 14.9. The van der Waals surface area contributed by atoms with Crippen LogP contribution in [0.4, 0.5) is 0 Å². The third kappa shape index (κ3) is 7.47. The molecule has 0 fully saturated rings. The number of carbonyl (C=O) groups excluding carboxylic acids is 3. The van der Waals surface area contributed by atoms with Crippen LogP contribution in [0.15, 0.2) is 55.4 Å². The number of benzene rings is 1. The van der Waals surface area contributed by atoms with E-state index in [-0.39, 0.29) is 18.2 Å². The highest BCUT2D eigenvalue weighted by Crippen LogP contribution is 2.37. The van der Waals surface area contributed by atoms with Crippen molar-refractivity contribution in [3.8, 4) is 22.3 Å². The predicted molar refractivity (Wildman–Crippen MR) is 173 cm³/mol. The largest absolute Gasteiger partial charge is 0.459 e. The number of carbonyl (C=O) groups is 3. The first-order chi connectivity index (χ1) is 21.9. The number of nitrogens with zero attached hydrogens (tertiary/aromatic N) is 5. The average molecular weight is 627 g/mol. The van der Waals surface area contributed by atoms with Crippen LogP contribution in [0.25, 0.3) is 38.8 Å². The number of ether oxygens (including phenoxy) is 3. The van der Waals surface area contributed by atoms with E-state index >= 15 is 0 Å². The molecule has 0 atom stereocenters. The molecule has 1 N–H and O–H groups in total. The van der Waals surface area contributed by atoms with Crippen LogP contribution in [0.1, 0.15) is 54.2 Å². The van der Waals surface area contributed by atoms with Crippen LogP contribution in [0, 0.1) is 6.92 Å². The number of rotatable bonds is 12. The maximum absolute atomic E-state index is 12.9. The van der Waals surface area contributed by atoms with Gasteiger partial charge in [0.1, 0.15) is 23.6 Å². The third-order valence-corrected chi connectivity index (χ3v) is 7.19. The fourth-order valence-corrected chi connectivity index (χ4v) is 5.11. The molecule has 0 saturated carbocycles. The first kappa shape index (κ1) is 32.5. The van der Waals surface area contributed by atoms with Crippen LogP contribution in [-0.2, 0) is 25.5 Å². The van der Waals surface area contributed by atoms with Gasteiger partial charge < -0.3 is 28.5 Å². The summed E-state index contributed by atoms with van der Waals surface area (Å²) in [5, 5.41) is 3.55. The Bertz CT molecular complexity index is 1900. The maximum Gasteiger partial charge on any atom is 0.326 e. The summed E-state index contributed by atoms with van der Waals surface area (Å²) in [4.78, 5) is 51.9. The van der Waals surface area contributed by atoms with E-state index in [1.54, 1.807) is 53.1 Å². The summed E-state index contributed by atoms with van der Waals surface area (Å²) < 4.78 is 19.5. The molecule has 4 heterocycles. The van der Waals surface area contributed by atoms with Crippen LogP contribution < -0.4 is 5.32 Å². The zero-order valence-corrected chi connectivity index (χ0v) is 26.9. The Kier molecular flexibility index (Phi) is 9.59. The molecule has 5 rings (SSSR count). The zero-order chi connectivity index (χ0) is 33.0. The standard InChI is InChI=1S/C34H38N6O6/c1-21(41)29-19-39(20-32(42)46-34(3,4)5)30-13-27(26(12-28(29)30)24-14-36-22(2)37-15-24)25-16-38-31-11-23(17-40(31)18-25)33(43)35-7-8-45-10-9-44-6/h11-19H,7-10,20H2,1-6H3,(H,35,43). The summed E-state index contributed by atoms with van der Waals surface area (Å²) in [6, 6.07) is 5.58. The molecule has 12 nitrogen and oxygen atoms in total. The lowest BCUT2D eigenvalue weighted by Gasteiger charge is -2.20. The summed E-state index contributed by atoms with van der Waals surface area (Å²) in [7, 11) is 1.60. The average Bonchev–Trinajstić information content (AvgIpc) is 3.59. The van der Waals surface area contributed by atoms with Crippen LogP contribution >= 0.6 is 0 Å². The Morgan fingerprint density at radius 3 is 2.30 bits per heavy atom. The summed E-state index contributed by atoms with van der Waals surface area (Å²) in [5.41, 5.74) is 4.62. The Balaban J connectivity index is 1.56. The van der Waals surface area contributed by atoms with Gasteiger partial charge in [0, 0.05) is 78.4 Å². The van der Waals surface area contributed by atoms with Gasteiger partial charge in [-0.25, -0.2) is 15.0 Å². The molecule has 0 aliphatic heterocycles. The van der Waals surface area contributed by atoms with Crippen molar-refractivity contribution in [1.82, 2.24) is 29.2 Å². The Morgan fingerprint density at radius 1 is 0.891 bits per heavy atom. The van der Waals surface area contributed by atoms with Gasteiger partial charge in [-0.15, -0.1) is 0 Å². The highest BCUT2D eigenvalue weighted by atomic mass is 16.6. The van der Waals surface area contributed by atoms with E-state index in [2.05, 4.69) is 20.3 Å². The number of hydrogen-bond acceptors (Lipinski definition) is 9. The smallest absolute Gasteiger partial charge is 0.326 e. The van der Waals surface area contributed by atoms with Gasteiger partial charge in [0.05, 0.1) is 25.4 Å². The number of methoxy groups -OCH3 is 1. The highest BCUT2D eigenvalue weighted by molar-refractivity contribution is 6.09. The minimum atomic E-state index is -0.654. The van der Waals surface area contributed by atoms with Crippen LogP contribution in [0.3, 0.4) is 0 Å². The van der Waals surface area contributed by atoms with Gasteiger partial charge in [-0.3, -0.25) is 14.4 Å². The molecule has 0 bridgehead atoms. The number of hydrogen-bond donors (Lipinski definition) is 1. The van der Waals surface area contributed by atoms with Crippen molar-refractivity contribution in [2.75, 3.05) is 33.5 Å². The minimum absolute atomic E-state index is 0.0712. The number of aryl methyl sites for hydroxylation is 1. The van der Waals surface area contributed by atoms with Crippen molar-refractivity contribution in [3.63, 3.8) is 0 Å². The van der Waals surface area contributed by atoms with Crippen LogP contribution in [-0.4, -0.2) is 80.7 Å². The van der Waals surface area contributed by atoms with E-state index in [1.807, 2.05) is 46.0 Å². The van der Waals surface area contributed by atoms with Crippen LogP contribution in [0.2, 0.25) is 0 Å². The predicted octanol–water partition coefficient (Wildman–Crippen LogP) is 4.66. The van der Waals surface area contributed by atoms with Crippen LogP contribution in [0.5, 0.6) is 0 Å². The van der Waals surface area contributed by atoms with E-state index in [1.165, 1.54) is 6.92 Å². The molecule has 0 unspecified atom stereocenters. The van der Waals surface area contributed by atoms with Crippen molar-refractivity contribution >= 4 is 34.2 Å². The Labute approximate surface area is 266 Å². The van der Waals surface area contributed by atoms with Gasteiger partial charge >= 0.3 is 5.97 Å². The number of ketones is 1. The van der Waals surface area contributed by atoms with Crippen molar-refractivity contribution in [2.24, 2.45) is 0 Å². The van der Waals surface area contributed by atoms with E-state index in [4.69, 9.17) is 14.2 Å². The topological polar surface area (TPSA) is 139 Å². The molecule has 1 amide bonds. The lowest BCUT2D eigenvalue weighted by Crippen LogP contribution is -2.27. The highest BCUT2D eigenvalue weighted by Gasteiger charge is 2.22. The second kappa shape index (κ2) is 13.6. The zero-order valence-electron chi connectivity index (χ0n) is 26.9.